The summed E-state index contributed by atoms with van der Waals surface area (Å²) in [6.45, 7) is 6.12. The molecule has 0 radical (unpaired) electrons. The number of rotatable bonds is 6. The van der Waals surface area contributed by atoms with Crippen molar-refractivity contribution in [1.29, 1.82) is 0 Å². The fourth-order valence-electron chi connectivity index (χ4n) is 2.29. The lowest BCUT2D eigenvalue weighted by Crippen LogP contribution is -2.30. The predicted molar refractivity (Wildman–Crippen MR) is 88.5 cm³/mol. The average molecular weight is 314 g/mol. The fourth-order valence-corrected chi connectivity index (χ4v) is 2.29. The molecule has 5 heteroatoms. The van der Waals surface area contributed by atoms with Gasteiger partial charge in [-0.3, -0.25) is 9.78 Å². The molecule has 0 bridgehead atoms. The molecular formula is C18H22N2O3. The van der Waals surface area contributed by atoms with Crippen LogP contribution in [0.15, 0.2) is 36.7 Å². The van der Waals surface area contributed by atoms with Crippen LogP contribution in [0.1, 0.15) is 34.0 Å². The van der Waals surface area contributed by atoms with Crippen molar-refractivity contribution in [1.82, 2.24) is 10.3 Å². The van der Waals surface area contributed by atoms with Crippen LogP contribution < -0.4 is 10.1 Å². The smallest absolute Gasteiger partial charge is 0.251 e. The summed E-state index contributed by atoms with van der Waals surface area (Å²) in [5, 5.41) is 11.9. The van der Waals surface area contributed by atoms with Crippen LogP contribution in [0.4, 0.5) is 0 Å². The summed E-state index contributed by atoms with van der Waals surface area (Å²) in [7, 11) is 0. The van der Waals surface area contributed by atoms with E-state index in [1.165, 1.54) is 0 Å². The molecule has 0 aliphatic carbocycles. The molecule has 5 nitrogen and oxygen atoms in total. The minimum Gasteiger partial charge on any atom is -0.488 e. The summed E-state index contributed by atoms with van der Waals surface area (Å²) in [4.78, 5) is 16.1. The third-order valence-electron chi connectivity index (χ3n) is 3.39. The summed E-state index contributed by atoms with van der Waals surface area (Å²) < 4.78 is 5.87. The van der Waals surface area contributed by atoms with Gasteiger partial charge in [0.25, 0.3) is 5.91 Å². The van der Waals surface area contributed by atoms with Crippen LogP contribution in [-0.4, -0.2) is 28.6 Å². The first kappa shape index (κ1) is 17.0. The van der Waals surface area contributed by atoms with E-state index in [9.17, 15) is 9.90 Å². The quantitative estimate of drug-likeness (QED) is 0.859. The molecule has 0 saturated heterocycles. The number of aryl methyl sites for hydroxylation is 2. The number of pyridine rings is 1. The van der Waals surface area contributed by atoms with Gasteiger partial charge in [-0.2, -0.15) is 0 Å². The Balaban J connectivity index is 2.09. The number of ether oxygens (including phenoxy) is 1. The summed E-state index contributed by atoms with van der Waals surface area (Å²) in [6.07, 6.45) is 2.92. The highest BCUT2D eigenvalue weighted by atomic mass is 16.5. The van der Waals surface area contributed by atoms with Crippen LogP contribution >= 0.6 is 0 Å². The summed E-state index contributed by atoms with van der Waals surface area (Å²) in [6, 6.07) is 7.41. The van der Waals surface area contributed by atoms with Crippen molar-refractivity contribution in [2.75, 3.05) is 6.54 Å². The van der Waals surface area contributed by atoms with Crippen molar-refractivity contribution < 1.29 is 14.6 Å². The minimum absolute atomic E-state index is 0.198. The molecule has 0 saturated carbocycles. The van der Waals surface area contributed by atoms with E-state index in [1.807, 2.05) is 26.0 Å². The zero-order valence-corrected chi connectivity index (χ0v) is 13.7. The molecule has 2 aromatic rings. The Kier molecular flexibility index (Phi) is 5.71. The molecule has 1 heterocycles. The van der Waals surface area contributed by atoms with E-state index in [4.69, 9.17) is 4.74 Å². The van der Waals surface area contributed by atoms with Crippen LogP contribution in [0.25, 0.3) is 0 Å². The molecule has 0 aliphatic heterocycles. The Morgan fingerprint density at radius 1 is 1.35 bits per heavy atom. The number of amides is 1. The van der Waals surface area contributed by atoms with E-state index in [-0.39, 0.29) is 12.5 Å². The van der Waals surface area contributed by atoms with Crippen molar-refractivity contribution in [3.63, 3.8) is 0 Å². The van der Waals surface area contributed by atoms with Crippen LogP contribution in [0, 0.1) is 13.8 Å². The highest BCUT2D eigenvalue weighted by molar-refractivity contribution is 5.94. The highest BCUT2D eigenvalue weighted by Gasteiger charge is 2.12. The fraction of sp³-hybridized carbons (Fsp3) is 0.333. The van der Waals surface area contributed by atoms with Crippen LogP contribution in [0.3, 0.4) is 0 Å². The van der Waals surface area contributed by atoms with E-state index in [2.05, 4.69) is 10.3 Å². The zero-order valence-electron chi connectivity index (χ0n) is 13.7. The predicted octanol–water partition coefficient (Wildman–Crippen LogP) is 2.39. The van der Waals surface area contributed by atoms with Gasteiger partial charge in [0.1, 0.15) is 12.4 Å². The SMILES string of the molecule is Cc1cc(C(=O)NCC(C)O)cc(C)c1OCc1cccnc1. The van der Waals surface area contributed by atoms with Gasteiger partial charge in [0.2, 0.25) is 0 Å². The molecule has 2 rings (SSSR count). The zero-order chi connectivity index (χ0) is 16.8. The maximum absolute atomic E-state index is 12.1. The van der Waals surface area contributed by atoms with Gasteiger partial charge < -0.3 is 15.2 Å². The van der Waals surface area contributed by atoms with Gasteiger partial charge in [0.05, 0.1) is 6.10 Å². The topological polar surface area (TPSA) is 71.5 Å². The molecule has 0 fully saturated rings. The average Bonchev–Trinajstić information content (AvgIpc) is 2.52. The number of aliphatic hydroxyl groups is 1. The van der Waals surface area contributed by atoms with Crippen LogP contribution in [-0.2, 0) is 6.61 Å². The number of hydrogen-bond acceptors (Lipinski definition) is 4. The second-order valence-corrected chi connectivity index (χ2v) is 5.65. The molecule has 1 atom stereocenters. The molecule has 0 aliphatic rings. The van der Waals surface area contributed by atoms with Gasteiger partial charge in [-0.1, -0.05) is 6.07 Å². The van der Waals surface area contributed by atoms with E-state index >= 15 is 0 Å². The second-order valence-electron chi connectivity index (χ2n) is 5.65. The maximum atomic E-state index is 12.1. The Bertz CT molecular complexity index is 646. The number of hydrogen-bond donors (Lipinski definition) is 2. The molecule has 2 N–H and O–H groups in total. The summed E-state index contributed by atoms with van der Waals surface area (Å²) in [5.74, 6) is 0.580. The van der Waals surface area contributed by atoms with Crippen molar-refractivity contribution >= 4 is 5.91 Å². The molecule has 23 heavy (non-hydrogen) atoms. The monoisotopic (exact) mass is 314 g/mol. The molecule has 1 amide bonds. The Morgan fingerprint density at radius 3 is 2.61 bits per heavy atom. The van der Waals surface area contributed by atoms with E-state index in [0.717, 1.165) is 22.4 Å². The Labute approximate surface area is 136 Å². The van der Waals surface area contributed by atoms with Gasteiger partial charge in [-0.25, -0.2) is 0 Å². The third-order valence-corrected chi connectivity index (χ3v) is 3.39. The van der Waals surface area contributed by atoms with Gasteiger partial charge in [-0.15, -0.1) is 0 Å². The number of carbonyl (C=O) groups excluding carboxylic acids is 1. The first-order valence-corrected chi connectivity index (χ1v) is 7.56. The molecular weight excluding hydrogens is 292 g/mol. The number of nitrogens with zero attached hydrogens (tertiary/aromatic N) is 1. The van der Waals surface area contributed by atoms with E-state index in [1.54, 1.807) is 31.5 Å². The normalized spacial score (nSPS) is 11.8. The van der Waals surface area contributed by atoms with Gasteiger partial charge in [-0.05, 0) is 50.1 Å². The number of aliphatic hydroxyl groups excluding tert-OH is 1. The lowest BCUT2D eigenvalue weighted by molar-refractivity contribution is 0.0924. The Hall–Kier alpha value is -2.40. The number of carbonyl (C=O) groups is 1. The highest BCUT2D eigenvalue weighted by Crippen LogP contribution is 2.25. The van der Waals surface area contributed by atoms with Gasteiger partial charge in [0, 0.05) is 30.1 Å². The second kappa shape index (κ2) is 7.74. The number of nitrogens with one attached hydrogen (secondary N) is 1. The van der Waals surface area contributed by atoms with E-state index < -0.39 is 6.10 Å². The van der Waals surface area contributed by atoms with Crippen molar-refractivity contribution in [2.24, 2.45) is 0 Å². The molecule has 1 aromatic heterocycles. The number of benzene rings is 1. The summed E-state index contributed by atoms with van der Waals surface area (Å²) in [5.41, 5.74) is 3.35. The lowest BCUT2D eigenvalue weighted by atomic mass is 10.0. The van der Waals surface area contributed by atoms with Crippen molar-refractivity contribution in [3.8, 4) is 5.75 Å². The van der Waals surface area contributed by atoms with Crippen molar-refractivity contribution in [2.45, 2.75) is 33.5 Å². The molecule has 1 aromatic carbocycles. The third kappa shape index (κ3) is 4.79. The molecule has 1 unspecified atom stereocenters. The largest absolute Gasteiger partial charge is 0.488 e. The van der Waals surface area contributed by atoms with Gasteiger partial charge in [0.15, 0.2) is 0 Å². The Morgan fingerprint density at radius 2 is 2.04 bits per heavy atom. The van der Waals surface area contributed by atoms with Gasteiger partial charge >= 0.3 is 0 Å². The number of aromatic nitrogens is 1. The van der Waals surface area contributed by atoms with E-state index in [0.29, 0.717) is 12.2 Å². The van der Waals surface area contributed by atoms with Crippen LogP contribution in [0.2, 0.25) is 0 Å². The van der Waals surface area contributed by atoms with Crippen molar-refractivity contribution in [3.05, 3.63) is 58.9 Å². The minimum atomic E-state index is -0.566. The molecule has 0 spiro atoms. The lowest BCUT2D eigenvalue weighted by Gasteiger charge is -2.14. The first-order valence-electron chi connectivity index (χ1n) is 7.56. The van der Waals surface area contributed by atoms with Crippen LogP contribution in [0.5, 0.6) is 5.75 Å². The first-order chi connectivity index (χ1) is 11.0. The summed E-state index contributed by atoms with van der Waals surface area (Å²) >= 11 is 0. The standard InChI is InChI=1S/C18H22N2O3/c1-12-7-16(18(22)20-9-14(3)21)8-13(2)17(12)23-11-15-5-4-6-19-10-15/h4-8,10,14,21H,9,11H2,1-3H3,(H,20,22). The maximum Gasteiger partial charge on any atom is 0.251 e. The molecule has 122 valence electrons.